The molecule has 0 aliphatic rings. The maximum atomic E-state index is 13.2. The fourth-order valence-corrected chi connectivity index (χ4v) is 3.20. The second kappa shape index (κ2) is 8.01. The maximum Gasteiger partial charge on any atom is 0.254 e. The molecule has 0 saturated heterocycles. The van der Waals surface area contributed by atoms with E-state index >= 15 is 0 Å². The topological polar surface area (TPSA) is 20.3 Å². The first-order chi connectivity index (χ1) is 12.6. The van der Waals surface area contributed by atoms with Gasteiger partial charge in [0.25, 0.3) is 5.91 Å². The lowest BCUT2D eigenvalue weighted by Crippen LogP contribution is -2.30. The van der Waals surface area contributed by atoms with E-state index < -0.39 is 0 Å². The summed E-state index contributed by atoms with van der Waals surface area (Å²) in [6.07, 6.45) is 0. The van der Waals surface area contributed by atoms with Crippen LogP contribution in [0.4, 0.5) is 0 Å². The Morgan fingerprint density at radius 1 is 0.769 bits per heavy atom. The van der Waals surface area contributed by atoms with Crippen LogP contribution in [0.15, 0.2) is 72.8 Å². The molecular weight excluding hydrogens is 318 g/mol. The maximum absolute atomic E-state index is 13.2. The summed E-state index contributed by atoms with van der Waals surface area (Å²) in [6.45, 7) is 7.54. The van der Waals surface area contributed by atoms with Crippen molar-refractivity contribution in [3.05, 3.63) is 83.9 Å². The summed E-state index contributed by atoms with van der Waals surface area (Å²) in [5.41, 5.74) is 6.24. The minimum Gasteiger partial charge on any atom is -0.339 e. The zero-order chi connectivity index (χ0) is 18.5. The lowest BCUT2D eigenvalue weighted by molar-refractivity contribution is 0.0774. The van der Waals surface area contributed by atoms with Crippen molar-refractivity contribution in [2.45, 2.75) is 20.8 Å². The SMILES string of the molecule is CCN(CC)C(=O)c1cc(-c2ccc(C)cc2)ccc1-c1ccccc1. The van der Waals surface area contributed by atoms with Gasteiger partial charge < -0.3 is 4.90 Å². The van der Waals surface area contributed by atoms with Crippen LogP contribution in [0, 0.1) is 6.92 Å². The lowest BCUT2D eigenvalue weighted by Gasteiger charge is -2.21. The van der Waals surface area contributed by atoms with Gasteiger partial charge in [-0.15, -0.1) is 0 Å². The third-order valence-electron chi connectivity index (χ3n) is 4.77. The van der Waals surface area contributed by atoms with Gasteiger partial charge in [-0.25, -0.2) is 0 Å². The van der Waals surface area contributed by atoms with Crippen LogP contribution in [0.2, 0.25) is 0 Å². The van der Waals surface area contributed by atoms with Gasteiger partial charge >= 0.3 is 0 Å². The van der Waals surface area contributed by atoms with Gasteiger partial charge in [-0.05, 0) is 49.1 Å². The third-order valence-corrected chi connectivity index (χ3v) is 4.77. The number of hydrogen-bond acceptors (Lipinski definition) is 1. The Hall–Kier alpha value is -2.87. The van der Waals surface area contributed by atoms with Gasteiger partial charge in [-0.1, -0.05) is 72.3 Å². The summed E-state index contributed by atoms with van der Waals surface area (Å²) >= 11 is 0. The van der Waals surface area contributed by atoms with E-state index in [1.165, 1.54) is 5.56 Å². The minimum atomic E-state index is 0.0859. The number of rotatable bonds is 5. The van der Waals surface area contributed by atoms with Gasteiger partial charge in [0, 0.05) is 18.7 Å². The molecule has 0 aliphatic heterocycles. The van der Waals surface area contributed by atoms with Crippen LogP contribution in [0.25, 0.3) is 22.3 Å². The van der Waals surface area contributed by atoms with Crippen molar-refractivity contribution in [3.63, 3.8) is 0 Å². The fraction of sp³-hybridized carbons (Fsp3) is 0.208. The molecule has 3 aromatic carbocycles. The molecule has 3 aromatic rings. The molecule has 2 nitrogen and oxygen atoms in total. The number of hydrogen-bond donors (Lipinski definition) is 0. The molecule has 1 amide bonds. The van der Waals surface area contributed by atoms with Crippen molar-refractivity contribution in [2.24, 2.45) is 0 Å². The molecule has 0 fully saturated rings. The number of aryl methyl sites for hydroxylation is 1. The summed E-state index contributed by atoms with van der Waals surface area (Å²) in [5, 5.41) is 0. The smallest absolute Gasteiger partial charge is 0.254 e. The summed E-state index contributed by atoms with van der Waals surface area (Å²) in [7, 11) is 0. The average molecular weight is 343 g/mol. The number of benzene rings is 3. The van der Waals surface area contributed by atoms with Crippen LogP contribution in [-0.4, -0.2) is 23.9 Å². The summed E-state index contributed by atoms with van der Waals surface area (Å²) in [5.74, 6) is 0.0859. The molecule has 0 bridgehead atoms. The quantitative estimate of drug-likeness (QED) is 0.572. The van der Waals surface area contributed by atoms with Crippen LogP contribution < -0.4 is 0 Å². The van der Waals surface area contributed by atoms with Crippen molar-refractivity contribution < 1.29 is 4.79 Å². The van der Waals surface area contributed by atoms with Gasteiger partial charge in [-0.2, -0.15) is 0 Å². The molecular formula is C24H25NO. The van der Waals surface area contributed by atoms with E-state index in [4.69, 9.17) is 0 Å². The average Bonchev–Trinajstić information content (AvgIpc) is 2.69. The second-order valence-corrected chi connectivity index (χ2v) is 6.47. The van der Waals surface area contributed by atoms with Gasteiger partial charge in [-0.3, -0.25) is 4.79 Å². The van der Waals surface area contributed by atoms with E-state index in [-0.39, 0.29) is 5.91 Å². The number of carbonyl (C=O) groups excluding carboxylic acids is 1. The van der Waals surface area contributed by atoms with Crippen LogP contribution in [0.1, 0.15) is 29.8 Å². The first-order valence-electron chi connectivity index (χ1n) is 9.19. The van der Waals surface area contributed by atoms with Crippen molar-refractivity contribution in [2.75, 3.05) is 13.1 Å². The number of amides is 1. The zero-order valence-electron chi connectivity index (χ0n) is 15.7. The lowest BCUT2D eigenvalue weighted by atomic mass is 9.94. The zero-order valence-corrected chi connectivity index (χ0v) is 15.7. The largest absolute Gasteiger partial charge is 0.339 e. The fourth-order valence-electron chi connectivity index (χ4n) is 3.20. The number of carbonyl (C=O) groups is 1. The molecule has 0 aliphatic carbocycles. The highest BCUT2D eigenvalue weighted by Crippen LogP contribution is 2.30. The predicted molar refractivity (Wildman–Crippen MR) is 109 cm³/mol. The van der Waals surface area contributed by atoms with Crippen LogP contribution in [-0.2, 0) is 0 Å². The highest BCUT2D eigenvalue weighted by molar-refractivity contribution is 6.02. The van der Waals surface area contributed by atoms with E-state index in [2.05, 4.69) is 55.5 Å². The molecule has 2 heteroatoms. The summed E-state index contributed by atoms with van der Waals surface area (Å²) in [6, 6.07) is 24.8. The second-order valence-electron chi connectivity index (χ2n) is 6.47. The Labute approximate surface area is 156 Å². The van der Waals surface area contributed by atoms with Crippen molar-refractivity contribution >= 4 is 5.91 Å². The Morgan fingerprint density at radius 3 is 2.00 bits per heavy atom. The van der Waals surface area contributed by atoms with E-state index in [0.29, 0.717) is 13.1 Å². The van der Waals surface area contributed by atoms with Crippen molar-refractivity contribution in [1.29, 1.82) is 0 Å². The molecule has 0 saturated carbocycles. The molecule has 0 heterocycles. The molecule has 0 atom stereocenters. The third kappa shape index (κ3) is 3.70. The molecule has 26 heavy (non-hydrogen) atoms. The van der Waals surface area contributed by atoms with Gasteiger partial charge in [0.1, 0.15) is 0 Å². The van der Waals surface area contributed by atoms with Crippen LogP contribution in [0.5, 0.6) is 0 Å². The van der Waals surface area contributed by atoms with E-state index in [9.17, 15) is 4.79 Å². The highest BCUT2D eigenvalue weighted by atomic mass is 16.2. The molecule has 0 N–H and O–H groups in total. The number of nitrogens with zero attached hydrogens (tertiary/aromatic N) is 1. The minimum absolute atomic E-state index is 0.0859. The van der Waals surface area contributed by atoms with E-state index in [1.807, 2.05) is 43.0 Å². The highest BCUT2D eigenvalue weighted by Gasteiger charge is 2.18. The summed E-state index contributed by atoms with van der Waals surface area (Å²) < 4.78 is 0. The van der Waals surface area contributed by atoms with Crippen LogP contribution >= 0.6 is 0 Å². The van der Waals surface area contributed by atoms with Crippen molar-refractivity contribution in [3.8, 4) is 22.3 Å². The monoisotopic (exact) mass is 343 g/mol. The molecule has 0 unspecified atom stereocenters. The normalized spacial score (nSPS) is 10.6. The van der Waals surface area contributed by atoms with Gasteiger partial charge in [0.2, 0.25) is 0 Å². The first-order valence-corrected chi connectivity index (χ1v) is 9.19. The first kappa shape index (κ1) is 17.9. The summed E-state index contributed by atoms with van der Waals surface area (Å²) in [4.78, 5) is 15.0. The standard InChI is InChI=1S/C24H25NO/c1-4-25(5-2)24(26)23-17-21(19-13-11-18(3)12-14-19)15-16-22(23)20-9-7-6-8-10-20/h6-17H,4-5H2,1-3H3. The molecule has 0 radical (unpaired) electrons. The van der Waals surface area contributed by atoms with Gasteiger partial charge in [0.05, 0.1) is 0 Å². The van der Waals surface area contributed by atoms with Crippen molar-refractivity contribution in [1.82, 2.24) is 4.90 Å². The predicted octanol–water partition coefficient (Wildman–Crippen LogP) is 5.81. The Balaban J connectivity index is 2.13. The van der Waals surface area contributed by atoms with E-state index in [1.54, 1.807) is 0 Å². The molecule has 132 valence electrons. The van der Waals surface area contributed by atoms with Gasteiger partial charge in [0.15, 0.2) is 0 Å². The molecule has 0 spiro atoms. The Kier molecular flexibility index (Phi) is 5.52. The van der Waals surface area contributed by atoms with Crippen LogP contribution in [0.3, 0.4) is 0 Å². The Bertz CT molecular complexity index is 878. The molecule has 0 aromatic heterocycles. The Morgan fingerprint density at radius 2 is 1.38 bits per heavy atom. The molecule has 3 rings (SSSR count). The van der Waals surface area contributed by atoms with E-state index in [0.717, 1.165) is 27.8 Å².